The number of aryl methyl sites for hydroxylation is 1. The third-order valence-corrected chi connectivity index (χ3v) is 5.25. The van der Waals surface area contributed by atoms with E-state index in [2.05, 4.69) is 0 Å². The number of ketones is 1. The van der Waals surface area contributed by atoms with Gasteiger partial charge in [-0.25, -0.2) is 0 Å². The van der Waals surface area contributed by atoms with Gasteiger partial charge in [-0.3, -0.25) is 19.7 Å². The zero-order valence-corrected chi connectivity index (χ0v) is 16.5. The summed E-state index contributed by atoms with van der Waals surface area (Å²) in [4.78, 5) is 37.7. The van der Waals surface area contributed by atoms with E-state index in [0.717, 1.165) is 5.56 Å². The lowest BCUT2D eigenvalue weighted by Gasteiger charge is -2.32. The molecule has 0 N–H and O–H groups in total. The van der Waals surface area contributed by atoms with E-state index in [1.165, 1.54) is 6.07 Å². The van der Waals surface area contributed by atoms with Crippen molar-refractivity contribution in [2.24, 2.45) is 5.92 Å². The minimum absolute atomic E-state index is 0.0610. The molecule has 1 unspecified atom stereocenters. The van der Waals surface area contributed by atoms with Crippen molar-refractivity contribution in [1.82, 2.24) is 0 Å². The molecular formula is C22H24N2O5. The van der Waals surface area contributed by atoms with Crippen LogP contribution in [0.4, 0.5) is 11.4 Å². The highest BCUT2D eigenvalue weighted by atomic mass is 16.6. The Bertz CT molecular complexity index is 902. The molecule has 29 heavy (non-hydrogen) atoms. The maximum absolute atomic E-state index is 12.5. The van der Waals surface area contributed by atoms with Crippen LogP contribution >= 0.6 is 0 Å². The zero-order valence-electron chi connectivity index (χ0n) is 16.5. The summed E-state index contributed by atoms with van der Waals surface area (Å²) < 4.78 is 5.42. The number of Topliss-reactive ketones (excluding diaryl/α,β-unsaturated/α-hetero) is 1. The molecule has 152 valence electrons. The normalized spacial score (nSPS) is 15.6. The standard InChI is InChI=1S/C22H24N2O5/c1-15-7-9-17(10-8-15)21(25)16(2)29-22(26)18-11-13-23(14-12-18)19-5-3-4-6-20(19)24(27)28/h3-10,16,18H,11-14H2,1-2H3. The molecule has 0 aliphatic carbocycles. The summed E-state index contributed by atoms with van der Waals surface area (Å²) >= 11 is 0. The molecular weight excluding hydrogens is 372 g/mol. The monoisotopic (exact) mass is 396 g/mol. The minimum Gasteiger partial charge on any atom is -0.454 e. The molecule has 1 aliphatic rings. The van der Waals surface area contributed by atoms with Gasteiger partial charge in [0.15, 0.2) is 6.10 Å². The van der Waals surface area contributed by atoms with Gasteiger partial charge < -0.3 is 9.64 Å². The molecule has 1 fully saturated rings. The molecule has 1 atom stereocenters. The lowest BCUT2D eigenvalue weighted by atomic mass is 9.96. The van der Waals surface area contributed by atoms with Crippen LogP contribution in [-0.2, 0) is 9.53 Å². The molecule has 1 aliphatic heterocycles. The Labute approximate surface area is 169 Å². The van der Waals surface area contributed by atoms with Crippen molar-refractivity contribution >= 4 is 23.1 Å². The van der Waals surface area contributed by atoms with E-state index in [1.54, 1.807) is 37.3 Å². The van der Waals surface area contributed by atoms with Crippen molar-refractivity contribution in [2.75, 3.05) is 18.0 Å². The van der Waals surface area contributed by atoms with E-state index >= 15 is 0 Å². The number of hydrogen-bond donors (Lipinski definition) is 0. The number of anilines is 1. The molecule has 0 amide bonds. The molecule has 0 radical (unpaired) electrons. The number of piperidine rings is 1. The SMILES string of the molecule is Cc1ccc(C(=O)C(C)OC(=O)C2CCN(c3ccccc3[N+](=O)[O-])CC2)cc1. The molecule has 2 aromatic rings. The number of ether oxygens (including phenoxy) is 1. The first-order chi connectivity index (χ1) is 13.9. The van der Waals surface area contributed by atoms with Crippen LogP contribution in [0.2, 0.25) is 0 Å². The molecule has 0 aromatic heterocycles. The van der Waals surface area contributed by atoms with Crippen molar-refractivity contribution < 1.29 is 19.2 Å². The lowest BCUT2D eigenvalue weighted by molar-refractivity contribution is -0.384. The minimum atomic E-state index is -0.849. The van der Waals surface area contributed by atoms with Crippen molar-refractivity contribution in [2.45, 2.75) is 32.8 Å². The Morgan fingerprint density at radius 3 is 2.34 bits per heavy atom. The largest absolute Gasteiger partial charge is 0.454 e. The lowest BCUT2D eigenvalue weighted by Crippen LogP contribution is -2.38. The number of hydrogen-bond acceptors (Lipinski definition) is 6. The Kier molecular flexibility index (Phi) is 6.26. The number of esters is 1. The van der Waals surface area contributed by atoms with E-state index in [9.17, 15) is 19.7 Å². The molecule has 1 saturated heterocycles. The number of benzene rings is 2. The molecule has 3 rings (SSSR count). The molecule has 0 spiro atoms. The second-order valence-electron chi connectivity index (χ2n) is 7.32. The predicted molar refractivity (Wildman–Crippen MR) is 109 cm³/mol. The van der Waals surface area contributed by atoms with E-state index in [4.69, 9.17) is 4.74 Å². The van der Waals surface area contributed by atoms with Gasteiger partial charge in [0.1, 0.15) is 5.69 Å². The number of carbonyl (C=O) groups is 2. The average molecular weight is 396 g/mol. The van der Waals surface area contributed by atoms with Gasteiger partial charge in [-0.2, -0.15) is 0 Å². The molecule has 1 heterocycles. The van der Waals surface area contributed by atoms with Gasteiger partial charge in [0.25, 0.3) is 5.69 Å². The summed E-state index contributed by atoms with van der Waals surface area (Å²) in [6.45, 7) is 4.56. The van der Waals surface area contributed by atoms with Crippen LogP contribution in [0.5, 0.6) is 0 Å². The quantitative estimate of drug-likeness (QED) is 0.318. The number of nitrogens with zero attached hydrogens (tertiary/aromatic N) is 2. The molecule has 0 saturated carbocycles. The van der Waals surface area contributed by atoms with Gasteiger partial charge in [0.2, 0.25) is 5.78 Å². The fraction of sp³-hybridized carbons (Fsp3) is 0.364. The average Bonchev–Trinajstić information content (AvgIpc) is 2.73. The van der Waals surface area contributed by atoms with E-state index in [1.807, 2.05) is 24.0 Å². The van der Waals surface area contributed by atoms with Gasteiger partial charge in [-0.05, 0) is 32.8 Å². The third-order valence-electron chi connectivity index (χ3n) is 5.25. The first kappa shape index (κ1) is 20.5. The van der Waals surface area contributed by atoms with Crippen LogP contribution in [-0.4, -0.2) is 35.9 Å². The highest BCUT2D eigenvalue weighted by Gasteiger charge is 2.31. The van der Waals surface area contributed by atoms with Crippen molar-refractivity contribution in [3.8, 4) is 0 Å². The van der Waals surface area contributed by atoms with Gasteiger partial charge in [-0.15, -0.1) is 0 Å². The van der Waals surface area contributed by atoms with E-state index in [0.29, 0.717) is 37.2 Å². The Balaban J connectivity index is 1.57. The number of rotatable bonds is 6. The van der Waals surface area contributed by atoms with Crippen LogP contribution in [0.15, 0.2) is 48.5 Å². The third kappa shape index (κ3) is 4.80. The maximum atomic E-state index is 12.5. The van der Waals surface area contributed by atoms with Crippen LogP contribution in [0.25, 0.3) is 0 Å². The van der Waals surface area contributed by atoms with Crippen LogP contribution in [0, 0.1) is 23.0 Å². The second kappa shape index (κ2) is 8.86. The molecule has 0 bridgehead atoms. The summed E-state index contributed by atoms with van der Waals surface area (Å²) in [6, 6.07) is 13.8. The highest BCUT2D eigenvalue weighted by Crippen LogP contribution is 2.31. The fourth-order valence-corrected chi connectivity index (χ4v) is 3.52. The first-order valence-corrected chi connectivity index (χ1v) is 9.66. The number of carbonyl (C=O) groups excluding carboxylic acids is 2. The van der Waals surface area contributed by atoms with E-state index in [-0.39, 0.29) is 23.4 Å². The summed E-state index contributed by atoms with van der Waals surface area (Å²) in [5.41, 5.74) is 2.19. The zero-order chi connectivity index (χ0) is 21.0. The predicted octanol–water partition coefficient (Wildman–Crippen LogP) is 3.93. The topological polar surface area (TPSA) is 89.8 Å². The number of para-hydroxylation sites is 2. The Hall–Kier alpha value is -3.22. The van der Waals surface area contributed by atoms with Crippen LogP contribution in [0.1, 0.15) is 35.7 Å². The molecule has 2 aromatic carbocycles. The summed E-state index contributed by atoms with van der Waals surface area (Å²) in [6.07, 6.45) is 0.200. The Morgan fingerprint density at radius 1 is 1.10 bits per heavy atom. The molecule has 7 nitrogen and oxygen atoms in total. The van der Waals surface area contributed by atoms with E-state index < -0.39 is 11.0 Å². The number of nitro groups is 1. The first-order valence-electron chi connectivity index (χ1n) is 9.66. The fourth-order valence-electron chi connectivity index (χ4n) is 3.52. The summed E-state index contributed by atoms with van der Waals surface area (Å²) in [7, 11) is 0. The van der Waals surface area contributed by atoms with Crippen LogP contribution in [0.3, 0.4) is 0 Å². The van der Waals surface area contributed by atoms with Crippen LogP contribution < -0.4 is 4.90 Å². The maximum Gasteiger partial charge on any atom is 0.309 e. The Morgan fingerprint density at radius 2 is 1.72 bits per heavy atom. The van der Waals surface area contributed by atoms with Crippen molar-refractivity contribution in [3.05, 3.63) is 69.8 Å². The van der Waals surface area contributed by atoms with Crippen molar-refractivity contribution in [1.29, 1.82) is 0 Å². The van der Waals surface area contributed by atoms with Gasteiger partial charge in [0.05, 0.1) is 10.8 Å². The highest BCUT2D eigenvalue weighted by molar-refractivity contribution is 6.00. The van der Waals surface area contributed by atoms with Gasteiger partial charge in [-0.1, -0.05) is 42.0 Å². The van der Waals surface area contributed by atoms with Crippen molar-refractivity contribution in [3.63, 3.8) is 0 Å². The smallest absolute Gasteiger partial charge is 0.309 e. The molecule has 7 heteroatoms. The summed E-state index contributed by atoms with van der Waals surface area (Å²) in [5, 5.41) is 11.2. The van der Waals surface area contributed by atoms with Gasteiger partial charge >= 0.3 is 5.97 Å². The second-order valence-corrected chi connectivity index (χ2v) is 7.32. The summed E-state index contributed by atoms with van der Waals surface area (Å²) in [5.74, 6) is -0.932. The number of nitro benzene ring substituents is 1. The van der Waals surface area contributed by atoms with Gasteiger partial charge in [0, 0.05) is 24.7 Å².